The van der Waals surface area contributed by atoms with Crippen molar-refractivity contribution in [1.29, 1.82) is 0 Å². The number of aromatic nitrogens is 3. The Kier molecular flexibility index (Phi) is 3.82. The van der Waals surface area contributed by atoms with Gasteiger partial charge in [0.05, 0.1) is 16.7 Å². The van der Waals surface area contributed by atoms with Crippen molar-refractivity contribution >= 4 is 23.5 Å². The summed E-state index contributed by atoms with van der Waals surface area (Å²) in [5, 5.41) is 7.72. The maximum absolute atomic E-state index is 12.2. The molecule has 1 aliphatic heterocycles. The molecule has 0 aliphatic carbocycles. The zero-order chi connectivity index (χ0) is 16.5. The predicted octanol–water partition coefficient (Wildman–Crippen LogP) is 3.35. The van der Waals surface area contributed by atoms with Crippen molar-refractivity contribution in [3.05, 3.63) is 71.5 Å². The second-order valence-corrected chi connectivity index (χ2v) is 6.69. The molecule has 1 aliphatic rings. The number of nitrogens with zero attached hydrogens (tertiary/aromatic N) is 3. The van der Waals surface area contributed by atoms with Crippen LogP contribution in [0.1, 0.15) is 22.1 Å². The van der Waals surface area contributed by atoms with Gasteiger partial charge in [-0.3, -0.25) is 4.79 Å². The third-order valence-corrected chi connectivity index (χ3v) is 5.25. The number of benzene rings is 1. The molecule has 4 rings (SSSR count). The lowest BCUT2D eigenvalue weighted by atomic mass is 10.0. The third kappa shape index (κ3) is 2.59. The number of carbonyl (C=O) groups is 1. The topological polar surface area (TPSA) is 59.8 Å². The van der Waals surface area contributed by atoms with Gasteiger partial charge in [-0.25, -0.2) is 4.98 Å². The molecule has 0 radical (unpaired) electrons. The highest BCUT2D eigenvalue weighted by Crippen LogP contribution is 2.43. The summed E-state index contributed by atoms with van der Waals surface area (Å²) in [6.07, 6.45) is 1.72. The minimum absolute atomic E-state index is 0.0169. The van der Waals surface area contributed by atoms with E-state index in [0.29, 0.717) is 11.6 Å². The van der Waals surface area contributed by atoms with Crippen molar-refractivity contribution in [3.63, 3.8) is 0 Å². The number of hydrogen-bond donors (Lipinski definition) is 1. The molecule has 1 atom stereocenters. The fraction of sp³-hybridized carbons (Fsp3) is 0.167. The van der Waals surface area contributed by atoms with Crippen LogP contribution >= 0.6 is 11.8 Å². The van der Waals surface area contributed by atoms with E-state index in [4.69, 9.17) is 0 Å². The standard InChI is InChI=1S/C18H16N4OS/c1-12-16-17(13-7-3-2-4-8-13)24-11-15(23)20-18(16)22(21-12)14-9-5-6-10-19-14/h2-10,17H,11H2,1H3,(H,20,23)/t17-/m1/s1. The van der Waals surface area contributed by atoms with E-state index >= 15 is 0 Å². The number of aryl methyl sites for hydroxylation is 1. The number of fused-ring (bicyclic) bond motifs is 1. The Bertz CT molecular complexity index is 877. The normalized spacial score (nSPS) is 17.0. The number of rotatable bonds is 2. The highest BCUT2D eigenvalue weighted by molar-refractivity contribution is 8.00. The van der Waals surface area contributed by atoms with E-state index in [1.54, 1.807) is 22.6 Å². The maximum Gasteiger partial charge on any atom is 0.235 e. The summed E-state index contributed by atoms with van der Waals surface area (Å²) in [4.78, 5) is 16.6. The zero-order valence-corrected chi connectivity index (χ0v) is 14.0. The second kappa shape index (κ2) is 6.13. The summed E-state index contributed by atoms with van der Waals surface area (Å²) in [5.41, 5.74) is 3.12. The summed E-state index contributed by atoms with van der Waals surface area (Å²) in [6, 6.07) is 15.9. The van der Waals surface area contributed by atoms with Gasteiger partial charge >= 0.3 is 0 Å². The smallest absolute Gasteiger partial charge is 0.235 e. The number of anilines is 1. The molecule has 0 saturated heterocycles. The Balaban J connectivity index is 1.90. The Hall–Kier alpha value is -2.60. The van der Waals surface area contributed by atoms with Crippen LogP contribution in [0.15, 0.2) is 54.7 Å². The van der Waals surface area contributed by atoms with Crippen LogP contribution in [0, 0.1) is 6.92 Å². The van der Waals surface area contributed by atoms with Crippen LogP contribution < -0.4 is 5.32 Å². The van der Waals surface area contributed by atoms with Crippen molar-refractivity contribution in [2.75, 3.05) is 11.1 Å². The molecule has 0 bridgehead atoms. The first-order valence-corrected chi connectivity index (χ1v) is 8.76. The molecule has 6 heteroatoms. The molecule has 2 aromatic heterocycles. The molecule has 5 nitrogen and oxygen atoms in total. The molecule has 3 heterocycles. The van der Waals surface area contributed by atoms with Gasteiger partial charge in [0.25, 0.3) is 0 Å². The van der Waals surface area contributed by atoms with Gasteiger partial charge < -0.3 is 5.32 Å². The minimum atomic E-state index is -0.0169. The SMILES string of the molecule is Cc1nn(-c2ccccn2)c2c1[C@@H](c1ccccc1)SCC(=O)N2. The first-order chi connectivity index (χ1) is 11.7. The molecule has 120 valence electrons. The Labute approximate surface area is 144 Å². The Morgan fingerprint density at radius 3 is 2.71 bits per heavy atom. The van der Waals surface area contributed by atoms with E-state index in [1.807, 2.05) is 43.3 Å². The van der Waals surface area contributed by atoms with Crippen LogP contribution in [0.25, 0.3) is 5.82 Å². The molecule has 1 aromatic carbocycles. The summed E-state index contributed by atoms with van der Waals surface area (Å²) in [5.74, 6) is 1.81. The van der Waals surface area contributed by atoms with E-state index < -0.39 is 0 Å². The molecular weight excluding hydrogens is 320 g/mol. The highest BCUT2D eigenvalue weighted by atomic mass is 32.2. The second-order valence-electron chi connectivity index (χ2n) is 5.60. The van der Waals surface area contributed by atoms with Crippen LogP contribution in [0.5, 0.6) is 0 Å². The lowest BCUT2D eigenvalue weighted by molar-refractivity contribution is -0.113. The minimum Gasteiger partial charge on any atom is -0.310 e. The van der Waals surface area contributed by atoms with E-state index in [2.05, 4.69) is 27.5 Å². The molecule has 24 heavy (non-hydrogen) atoms. The van der Waals surface area contributed by atoms with Crippen LogP contribution in [0.2, 0.25) is 0 Å². The van der Waals surface area contributed by atoms with Crippen LogP contribution in [0.4, 0.5) is 5.82 Å². The van der Waals surface area contributed by atoms with Gasteiger partial charge in [0.15, 0.2) is 5.82 Å². The van der Waals surface area contributed by atoms with Crippen molar-refractivity contribution in [3.8, 4) is 5.82 Å². The molecule has 0 fully saturated rings. The van der Waals surface area contributed by atoms with Gasteiger partial charge in [-0.05, 0) is 24.6 Å². The number of carbonyl (C=O) groups excluding carboxylic acids is 1. The average Bonchev–Trinajstić information content (AvgIpc) is 2.83. The molecule has 0 unspecified atom stereocenters. The largest absolute Gasteiger partial charge is 0.310 e. The van der Waals surface area contributed by atoms with Crippen LogP contribution in [0.3, 0.4) is 0 Å². The van der Waals surface area contributed by atoms with Crippen LogP contribution in [-0.2, 0) is 4.79 Å². The van der Waals surface area contributed by atoms with Gasteiger partial charge in [-0.1, -0.05) is 36.4 Å². The number of nitrogens with one attached hydrogen (secondary N) is 1. The fourth-order valence-electron chi connectivity index (χ4n) is 2.92. The van der Waals surface area contributed by atoms with Gasteiger partial charge in [0.2, 0.25) is 5.91 Å². The van der Waals surface area contributed by atoms with Crippen molar-refractivity contribution in [1.82, 2.24) is 14.8 Å². The first-order valence-electron chi connectivity index (χ1n) is 7.71. The fourth-order valence-corrected chi connectivity index (χ4v) is 4.11. The monoisotopic (exact) mass is 336 g/mol. The summed E-state index contributed by atoms with van der Waals surface area (Å²) in [6.45, 7) is 1.98. The van der Waals surface area contributed by atoms with Crippen molar-refractivity contribution < 1.29 is 4.79 Å². The summed E-state index contributed by atoms with van der Waals surface area (Å²) in [7, 11) is 0. The van der Waals surface area contributed by atoms with Crippen molar-refractivity contribution in [2.24, 2.45) is 0 Å². The molecule has 0 spiro atoms. The maximum atomic E-state index is 12.2. The third-order valence-electron chi connectivity index (χ3n) is 3.98. The highest BCUT2D eigenvalue weighted by Gasteiger charge is 2.30. The lowest BCUT2D eigenvalue weighted by Gasteiger charge is -2.15. The van der Waals surface area contributed by atoms with E-state index in [0.717, 1.165) is 17.1 Å². The molecular formula is C18H16N4OS. The number of amides is 1. The lowest BCUT2D eigenvalue weighted by Crippen LogP contribution is -2.16. The van der Waals surface area contributed by atoms with E-state index in [-0.39, 0.29) is 11.2 Å². The molecule has 1 N–H and O–H groups in total. The Morgan fingerprint density at radius 1 is 1.17 bits per heavy atom. The number of thioether (sulfide) groups is 1. The van der Waals surface area contributed by atoms with E-state index in [1.165, 1.54) is 5.56 Å². The van der Waals surface area contributed by atoms with Gasteiger partial charge in [-0.2, -0.15) is 9.78 Å². The molecule has 3 aromatic rings. The first kappa shape index (κ1) is 15.0. The number of pyridine rings is 1. The summed E-state index contributed by atoms with van der Waals surface area (Å²) < 4.78 is 1.73. The summed E-state index contributed by atoms with van der Waals surface area (Å²) >= 11 is 1.62. The average molecular weight is 336 g/mol. The zero-order valence-electron chi connectivity index (χ0n) is 13.1. The Morgan fingerprint density at radius 2 is 1.96 bits per heavy atom. The predicted molar refractivity (Wildman–Crippen MR) is 95.5 cm³/mol. The molecule has 0 saturated carbocycles. The van der Waals surface area contributed by atoms with Crippen molar-refractivity contribution in [2.45, 2.75) is 12.2 Å². The quantitative estimate of drug-likeness (QED) is 0.780. The number of hydrogen-bond acceptors (Lipinski definition) is 4. The molecule has 1 amide bonds. The van der Waals surface area contributed by atoms with Gasteiger partial charge in [-0.15, -0.1) is 11.8 Å². The van der Waals surface area contributed by atoms with E-state index in [9.17, 15) is 4.79 Å². The van der Waals surface area contributed by atoms with Crippen LogP contribution in [-0.4, -0.2) is 26.4 Å². The van der Waals surface area contributed by atoms with Gasteiger partial charge in [0, 0.05) is 11.8 Å². The van der Waals surface area contributed by atoms with Gasteiger partial charge in [0.1, 0.15) is 5.82 Å².